The molecule has 0 bridgehead atoms. The zero-order valence-electron chi connectivity index (χ0n) is 8.66. The van der Waals surface area contributed by atoms with Gasteiger partial charge in [-0.15, -0.1) is 0 Å². The fourth-order valence-corrected chi connectivity index (χ4v) is 0.965. The molecule has 0 amide bonds. The monoisotopic (exact) mass is 194 g/mol. The number of hydrogen-bond acceptors (Lipinski definition) is 3. The van der Waals surface area contributed by atoms with Crippen molar-refractivity contribution in [2.24, 2.45) is 0 Å². The topological polar surface area (TPSA) is 35.5 Å². The summed E-state index contributed by atoms with van der Waals surface area (Å²) in [6, 6.07) is 5.60. The molecular formula is C11H14O3. The van der Waals surface area contributed by atoms with Gasteiger partial charge in [0, 0.05) is 6.42 Å². The highest BCUT2D eigenvalue weighted by atomic mass is 17.2. The molecule has 0 saturated carbocycles. The Hall–Kier alpha value is -1.51. The standard InChI is InChI=1S/C11H14O3/c1-4-11(12)14-13-10-7-5-6-8(2)9(10)3/h5-7H,4H2,1-3H3. The quantitative estimate of drug-likeness (QED) is 0.548. The van der Waals surface area contributed by atoms with Crippen LogP contribution in [0.4, 0.5) is 0 Å². The smallest absolute Gasteiger partial charge is 0.287 e. The fourth-order valence-electron chi connectivity index (χ4n) is 0.965. The van der Waals surface area contributed by atoms with Gasteiger partial charge in [0.25, 0.3) is 0 Å². The van der Waals surface area contributed by atoms with Crippen molar-refractivity contribution in [2.45, 2.75) is 27.2 Å². The molecule has 3 nitrogen and oxygen atoms in total. The van der Waals surface area contributed by atoms with E-state index in [4.69, 9.17) is 4.89 Å². The normalized spacial score (nSPS) is 9.64. The molecule has 3 heteroatoms. The number of hydrogen-bond donors (Lipinski definition) is 0. The third-order valence-electron chi connectivity index (χ3n) is 2.07. The Morgan fingerprint density at radius 3 is 2.71 bits per heavy atom. The molecule has 0 heterocycles. The maximum atomic E-state index is 10.8. The molecule has 1 aromatic rings. The molecule has 0 radical (unpaired) electrons. The lowest BCUT2D eigenvalue weighted by molar-refractivity contribution is -0.213. The summed E-state index contributed by atoms with van der Waals surface area (Å²) < 4.78 is 0. The van der Waals surface area contributed by atoms with Gasteiger partial charge in [-0.25, -0.2) is 4.79 Å². The lowest BCUT2D eigenvalue weighted by Crippen LogP contribution is -2.06. The van der Waals surface area contributed by atoms with Gasteiger partial charge in [-0.1, -0.05) is 19.1 Å². The second kappa shape index (κ2) is 4.65. The second-order valence-electron chi connectivity index (χ2n) is 3.09. The van der Waals surface area contributed by atoms with Crippen LogP contribution >= 0.6 is 0 Å². The molecule has 0 N–H and O–H groups in total. The van der Waals surface area contributed by atoms with Crippen molar-refractivity contribution in [1.29, 1.82) is 0 Å². The Kier molecular flexibility index (Phi) is 3.51. The SMILES string of the molecule is CCC(=O)OOc1cccc(C)c1C. The fraction of sp³-hybridized carbons (Fsp3) is 0.364. The second-order valence-corrected chi connectivity index (χ2v) is 3.09. The summed E-state index contributed by atoms with van der Waals surface area (Å²) in [6.07, 6.45) is 0.310. The number of rotatable bonds is 3. The van der Waals surface area contributed by atoms with Gasteiger partial charge in [0.2, 0.25) is 0 Å². The highest BCUT2D eigenvalue weighted by Gasteiger charge is 2.05. The summed E-state index contributed by atoms with van der Waals surface area (Å²) >= 11 is 0. The number of aryl methyl sites for hydroxylation is 1. The first kappa shape index (κ1) is 10.6. The number of carbonyl (C=O) groups is 1. The maximum Gasteiger partial charge on any atom is 0.355 e. The first-order valence-corrected chi connectivity index (χ1v) is 4.58. The first-order chi connectivity index (χ1) is 6.65. The van der Waals surface area contributed by atoms with Crippen LogP contribution in [0.5, 0.6) is 5.75 Å². The minimum atomic E-state index is -0.370. The van der Waals surface area contributed by atoms with Crippen LogP contribution in [0.25, 0.3) is 0 Å². The lowest BCUT2D eigenvalue weighted by atomic mass is 10.1. The van der Waals surface area contributed by atoms with Gasteiger partial charge in [0.05, 0.1) is 0 Å². The summed E-state index contributed by atoms with van der Waals surface area (Å²) in [6.45, 7) is 5.61. The van der Waals surface area contributed by atoms with Crippen LogP contribution in [-0.4, -0.2) is 5.97 Å². The molecule has 0 fully saturated rings. The van der Waals surface area contributed by atoms with Crippen LogP contribution in [0, 0.1) is 13.8 Å². The van der Waals surface area contributed by atoms with Crippen molar-refractivity contribution >= 4 is 5.97 Å². The molecule has 0 atom stereocenters. The van der Waals surface area contributed by atoms with Crippen LogP contribution in [0.1, 0.15) is 24.5 Å². The van der Waals surface area contributed by atoms with Crippen molar-refractivity contribution in [1.82, 2.24) is 0 Å². The van der Waals surface area contributed by atoms with E-state index in [9.17, 15) is 4.79 Å². The summed E-state index contributed by atoms with van der Waals surface area (Å²) in [5, 5.41) is 0. The summed E-state index contributed by atoms with van der Waals surface area (Å²) in [7, 11) is 0. The van der Waals surface area contributed by atoms with E-state index in [2.05, 4.69) is 4.89 Å². The summed E-state index contributed by atoms with van der Waals surface area (Å²) in [4.78, 5) is 20.3. The molecular weight excluding hydrogens is 180 g/mol. The zero-order valence-corrected chi connectivity index (χ0v) is 8.66. The van der Waals surface area contributed by atoms with E-state index in [1.54, 1.807) is 13.0 Å². The molecule has 0 aliphatic heterocycles. The molecule has 0 unspecified atom stereocenters. The van der Waals surface area contributed by atoms with Crippen LogP contribution in [0.15, 0.2) is 18.2 Å². The van der Waals surface area contributed by atoms with Gasteiger partial charge in [0.1, 0.15) is 0 Å². The van der Waals surface area contributed by atoms with Crippen molar-refractivity contribution in [3.8, 4) is 5.75 Å². The van der Waals surface area contributed by atoms with E-state index in [0.29, 0.717) is 12.2 Å². The third-order valence-corrected chi connectivity index (χ3v) is 2.07. The zero-order chi connectivity index (χ0) is 10.6. The molecule has 1 aromatic carbocycles. The highest BCUT2D eigenvalue weighted by Crippen LogP contribution is 2.20. The van der Waals surface area contributed by atoms with E-state index in [0.717, 1.165) is 11.1 Å². The van der Waals surface area contributed by atoms with Crippen LogP contribution in [0.2, 0.25) is 0 Å². The van der Waals surface area contributed by atoms with E-state index in [-0.39, 0.29) is 5.97 Å². The first-order valence-electron chi connectivity index (χ1n) is 4.58. The lowest BCUT2D eigenvalue weighted by Gasteiger charge is -2.07. The molecule has 76 valence electrons. The van der Waals surface area contributed by atoms with Gasteiger partial charge in [-0.2, -0.15) is 0 Å². The van der Waals surface area contributed by atoms with Gasteiger partial charge in [-0.05, 0) is 31.0 Å². The van der Waals surface area contributed by atoms with Crippen molar-refractivity contribution < 1.29 is 14.6 Å². The average Bonchev–Trinajstić information content (AvgIpc) is 2.20. The average molecular weight is 194 g/mol. The summed E-state index contributed by atoms with van der Waals surface area (Å²) in [5.41, 5.74) is 2.09. The largest absolute Gasteiger partial charge is 0.355 e. The van der Waals surface area contributed by atoms with Crippen molar-refractivity contribution in [2.75, 3.05) is 0 Å². The number of benzene rings is 1. The third kappa shape index (κ3) is 2.49. The van der Waals surface area contributed by atoms with Crippen LogP contribution in [0.3, 0.4) is 0 Å². The Morgan fingerprint density at radius 1 is 1.36 bits per heavy atom. The van der Waals surface area contributed by atoms with Crippen molar-refractivity contribution in [3.05, 3.63) is 29.3 Å². The van der Waals surface area contributed by atoms with Crippen LogP contribution in [-0.2, 0) is 9.68 Å². The van der Waals surface area contributed by atoms with Gasteiger partial charge in [0.15, 0.2) is 5.75 Å². The number of carbonyl (C=O) groups excluding carboxylic acids is 1. The minimum absolute atomic E-state index is 0.310. The predicted molar refractivity (Wildman–Crippen MR) is 52.9 cm³/mol. The van der Waals surface area contributed by atoms with Gasteiger partial charge >= 0.3 is 5.97 Å². The molecule has 0 spiro atoms. The van der Waals surface area contributed by atoms with Gasteiger partial charge in [-0.3, -0.25) is 9.78 Å². The highest BCUT2D eigenvalue weighted by molar-refractivity contribution is 5.68. The molecule has 1 rings (SSSR count). The van der Waals surface area contributed by atoms with Crippen molar-refractivity contribution in [3.63, 3.8) is 0 Å². The van der Waals surface area contributed by atoms with Crippen LogP contribution < -0.4 is 4.89 Å². The Bertz CT molecular complexity index is 331. The minimum Gasteiger partial charge on any atom is -0.287 e. The maximum absolute atomic E-state index is 10.8. The van der Waals surface area contributed by atoms with E-state index < -0.39 is 0 Å². The van der Waals surface area contributed by atoms with Gasteiger partial charge < -0.3 is 0 Å². The Labute approximate surface area is 83.6 Å². The molecule has 14 heavy (non-hydrogen) atoms. The Morgan fingerprint density at radius 2 is 2.07 bits per heavy atom. The van der Waals surface area contributed by atoms with E-state index in [1.807, 2.05) is 26.0 Å². The van der Waals surface area contributed by atoms with E-state index >= 15 is 0 Å². The molecule has 0 aliphatic rings. The molecule has 0 aliphatic carbocycles. The van der Waals surface area contributed by atoms with E-state index in [1.165, 1.54) is 0 Å². The Balaban J connectivity index is 2.68. The predicted octanol–water partition coefficient (Wildman–Crippen LogP) is 2.55. The molecule has 0 aromatic heterocycles. The molecule has 0 saturated heterocycles. The summed E-state index contributed by atoms with van der Waals surface area (Å²) in [5.74, 6) is 0.220.